The molecule has 3 nitrogen and oxygen atoms in total. The number of hydrogen-bond donors (Lipinski definition) is 0. The van der Waals surface area contributed by atoms with E-state index in [0.717, 1.165) is 67.4 Å². The average Bonchev–Trinajstić information content (AvgIpc) is 3.18. The van der Waals surface area contributed by atoms with Gasteiger partial charge in [0.15, 0.2) is 5.78 Å². The second kappa shape index (κ2) is 13.9. The molecule has 4 aliphatic rings. The van der Waals surface area contributed by atoms with E-state index in [4.69, 9.17) is 0 Å². The zero-order valence-electron chi connectivity index (χ0n) is 25.2. The number of benzene rings is 1. The molecule has 42 heavy (non-hydrogen) atoms. The molecule has 0 unspecified atom stereocenters. The predicted octanol–water partition coefficient (Wildman–Crippen LogP) is 9.66. The van der Waals surface area contributed by atoms with Crippen LogP contribution in [0.25, 0.3) is 5.57 Å². The Morgan fingerprint density at radius 3 is 2.76 bits per heavy atom. The first-order valence-electron chi connectivity index (χ1n) is 15.6. The Bertz CT molecular complexity index is 1480. The minimum Gasteiger partial charge on any atom is -0.338 e. The minimum absolute atomic E-state index is 0.191. The van der Waals surface area contributed by atoms with Crippen molar-refractivity contribution in [2.45, 2.75) is 84.5 Å². The summed E-state index contributed by atoms with van der Waals surface area (Å²) in [5.74, 6) is 3.54. The number of aliphatic imine (C=N–C) groups is 1. The molecular weight excluding hydrogens is 519 g/mol. The van der Waals surface area contributed by atoms with Gasteiger partial charge in [-0.1, -0.05) is 61.3 Å². The largest absolute Gasteiger partial charge is 0.338 e. The van der Waals surface area contributed by atoms with E-state index in [1.54, 1.807) is 13.1 Å². The standard InChI is InChI=1S/C38H43FN2O/c1-27-20-34(17-18-37(27)39)35-21-29(3)41(38(24-35)32-12-5-4-6-13-32)26-36(42)23-31-11-8-7-10-30(15-16-31)22-33-14-9-19-40-25-28(33)2/h9,11,14,17-22,24,32H,3-8,10,12-13,15-16,23,26H2,1-2H3. The van der Waals surface area contributed by atoms with Crippen LogP contribution in [-0.2, 0) is 4.79 Å². The first-order valence-corrected chi connectivity index (χ1v) is 15.6. The molecule has 1 aromatic carbocycles. The highest BCUT2D eigenvalue weighted by Gasteiger charge is 2.28. The predicted molar refractivity (Wildman–Crippen MR) is 172 cm³/mol. The van der Waals surface area contributed by atoms with Gasteiger partial charge in [-0.2, -0.15) is 0 Å². The summed E-state index contributed by atoms with van der Waals surface area (Å²) in [5, 5.41) is 0. The number of aryl methyl sites for hydroxylation is 1. The molecule has 0 aromatic heterocycles. The molecule has 0 amide bonds. The Kier molecular flexibility index (Phi) is 9.87. The van der Waals surface area contributed by atoms with Crippen molar-refractivity contribution in [3.63, 3.8) is 0 Å². The van der Waals surface area contributed by atoms with Crippen molar-refractivity contribution >= 4 is 17.2 Å². The van der Waals surface area contributed by atoms with Crippen LogP contribution < -0.4 is 0 Å². The maximum absolute atomic E-state index is 14.0. The molecule has 0 atom stereocenters. The van der Waals surface area contributed by atoms with Crippen molar-refractivity contribution in [2.75, 3.05) is 6.54 Å². The fourth-order valence-electron chi connectivity index (χ4n) is 6.49. The molecule has 1 aromatic rings. The zero-order valence-corrected chi connectivity index (χ0v) is 25.2. The lowest BCUT2D eigenvalue weighted by Gasteiger charge is -2.37. The molecule has 0 saturated heterocycles. The van der Waals surface area contributed by atoms with Crippen molar-refractivity contribution in [1.82, 2.24) is 4.90 Å². The van der Waals surface area contributed by atoms with Crippen LogP contribution in [0.15, 0.2) is 106 Å². The molecular formula is C38H43FN2O. The van der Waals surface area contributed by atoms with Crippen LogP contribution in [0, 0.1) is 18.7 Å². The highest BCUT2D eigenvalue weighted by atomic mass is 19.1. The second-order valence-corrected chi connectivity index (χ2v) is 12.1. The van der Waals surface area contributed by atoms with E-state index in [1.807, 2.05) is 18.2 Å². The molecule has 0 bridgehead atoms. The Labute approximate surface area is 251 Å². The smallest absolute Gasteiger partial charge is 0.156 e. The van der Waals surface area contributed by atoms with Gasteiger partial charge in [-0.15, -0.1) is 0 Å². The molecule has 4 heteroatoms. The van der Waals surface area contributed by atoms with Crippen LogP contribution in [0.1, 0.15) is 88.7 Å². The first-order chi connectivity index (χ1) is 20.4. The Morgan fingerprint density at radius 1 is 1.12 bits per heavy atom. The number of allylic oxidation sites excluding steroid dienone is 12. The number of hydrogen-bond acceptors (Lipinski definition) is 3. The highest BCUT2D eigenvalue weighted by Crippen LogP contribution is 2.38. The second-order valence-electron chi connectivity index (χ2n) is 12.1. The van der Waals surface area contributed by atoms with Gasteiger partial charge in [-0.05, 0) is 123 Å². The number of carbonyl (C=O) groups is 1. The maximum Gasteiger partial charge on any atom is 0.156 e. The molecule has 2 heterocycles. The Hall–Kier alpha value is -3.75. The van der Waals surface area contributed by atoms with Crippen molar-refractivity contribution in [1.29, 1.82) is 0 Å². The van der Waals surface area contributed by atoms with Crippen LogP contribution in [0.5, 0.6) is 0 Å². The van der Waals surface area contributed by atoms with Crippen molar-refractivity contribution in [3.8, 4) is 0 Å². The number of nitrogens with zero attached hydrogens (tertiary/aromatic N) is 2. The summed E-state index contributed by atoms with van der Waals surface area (Å²) >= 11 is 0. The van der Waals surface area contributed by atoms with Crippen LogP contribution in [0.4, 0.5) is 4.39 Å². The first kappa shape index (κ1) is 29.7. The van der Waals surface area contributed by atoms with Gasteiger partial charge in [0.2, 0.25) is 0 Å². The molecule has 2 aliphatic heterocycles. The van der Waals surface area contributed by atoms with E-state index >= 15 is 0 Å². The normalized spacial score (nSPS) is 21.1. The molecule has 2 aliphatic carbocycles. The van der Waals surface area contributed by atoms with Gasteiger partial charge in [0.1, 0.15) is 5.82 Å². The van der Waals surface area contributed by atoms with Crippen molar-refractivity contribution < 1.29 is 9.18 Å². The van der Waals surface area contributed by atoms with Crippen molar-refractivity contribution in [2.24, 2.45) is 10.9 Å². The third kappa shape index (κ3) is 7.55. The monoisotopic (exact) mass is 562 g/mol. The summed E-state index contributed by atoms with van der Waals surface area (Å²) in [4.78, 5) is 19.9. The summed E-state index contributed by atoms with van der Waals surface area (Å²) in [5.41, 5.74) is 9.61. The van der Waals surface area contributed by atoms with Crippen molar-refractivity contribution in [3.05, 3.63) is 118 Å². The van der Waals surface area contributed by atoms with E-state index in [0.29, 0.717) is 24.4 Å². The number of halogens is 1. The van der Waals surface area contributed by atoms with Gasteiger partial charge in [0.25, 0.3) is 0 Å². The highest BCUT2D eigenvalue weighted by molar-refractivity contribution is 5.85. The van der Waals surface area contributed by atoms with Gasteiger partial charge in [-0.25, -0.2) is 9.38 Å². The summed E-state index contributed by atoms with van der Waals surface area (Å²) in [6.45, 7) is 8.59. The SMILES string of the molecule is C=C1C=C(c2ccc(F)c(C)c2)C=C(C2CCCCC2)N1CC(=O)CC1=CCCCC(=CC2=CC=CN=C=C2C)CC1. The Morgan fingerprint density at radius 2 is 1.95 bits per heavy atom. The quantitative estimate of drug-likeness (QED) is 0.310. The number of ketones is 1. The van der Waals surface area contributed by atoms with Gasteiger partial charge in [0.05, 0.1) is 6.54 Å². The van der Waals surface area contributed by atoms with E-state index in [2.05, 4.69) is 59.6 Å². The zero-order chi connectivity index (χ0) is 29.5. The van der Waals surface area contributed by atoms with Crippen LogP contribution >= 0.6 is 0 Å². The molecule has 1 fully saturated rings. The molecule has 1 saturated carbocycles. The lowest BCUT2D eigenvalue weighted by atomic mass is 9.83. The number of rotatable bonds is 7. The van der Waals surface area contributed by atoms with E-state index in [-0.39, 0.29) is 11.6 Å². The van der Waals surface area contributed by atoms with Crippen LogP contribution in [-0.4, -0.2) is 23.1 Å². The van der Waals surface area contributed by atoms with Gasteiger partial charge in [-0.3, -0.25) is 4.79 Å². The van der Waals surface area contributed by atoms with E-state index < -0.39 is 0 Å². The average molecular weight is 563 g/mol. The van der Waals surface area contributed by atoms with E-state index in [1.165, 1.54) is 47.7 Å². The lowest BCUT2D eigenvalue weighted by Crippen LogP contribution is -2.33. The van der Waals surface area contributed by atoms with Gasteiger partial charge < -0.3 is 4.90 Å². The summed E-state index contributed by atoms with van der Waals surface area (Å²) < 4.78 is 14.0. The molecule has 0 spiro atoms. The molecule has 0 N–H and O–H groups in total. The fourth-order valence-corrected chi connectivity index (χ4v) is 6.49. The number of carbonyl (C=O) groups excluding carboxylic acids is 1. The third-order valence-corrected chi connectivity index (χ3v) is 8.92. The number of Topliss-reactive ketones (excluding diaryl/α,β-unsaturated/α-hetero) is 1. The molecule has 218 valence electrons. The summed E-state index contributed by atoms with van der Waals surface area (Å²) in [6, 6.07) is 5.29. The van der Waals surface area contributed by atoms with Gasteiger partial charge >= 0.3 is 0 Å². The topological polar surface area (TPSA) is 32.7 Å². The fraction of sp³-hybridized carbons (Fsp3) is 0.395. The summed E-state index contributed by atoms with van der Waals surface area (Å²) in [7, 11) is 0. The van der Waals surface area contributed by atoms with Crippen LogP contribution in [0.3, 0.4) is 0 Å². The molecule has 5 rings (SSSR count). The van der Waals surface area contributed by atoms with Gasteiger partial charge in [0, 0.05) is 29.6 Å². The third-order valence-electron chi connectivity index (χ3n) is 8.92. The molecule has 0 radical (unpaired) electrons. The lowest BCUT2D eigenvalue weighted by molar-refractivity contribution is -0.118. The minimum atomic E-state index is -0.191. The van der Waals surface area contributed by atoms with E-state index in [9.17, 15) is 9.18 Å². The van der Waals surface area contributed by atoms with Crippen LogP contribution in [0.2, 0.25) is 0 Å². The Balaban J connectivity index is 1.29. The summed E-state index contributed by atoms with van der Waals surface area (Å²) in [6.07, 6.45) is 26.2. The maximum atomic E-state index is 14.0.